The smallest absolute Gasteiger partial charge is 0.254 e. The summed E-state index contributed by atoms with van der Waals surface area (Å²) >= 11 is 6.12. The van der Waals surface area contributed by atoms with Gasteiger partial charge in [0, 0.05) is 69.3 Å². The maximum Gasteiger partial charge on any atom is 0.254 e. The van der Waals surface area contributed by atoms with Crippen molar-refractivity contribution in [3.63, 3.8) is 0 Å². The third-order valence-corrected chi connectivity index (χ3v) is 6.02. The molecule has 1 aromatic heterocycles. The van der Waals surface area contributed by atoms with Crippen LogP contribution in [-0.2, 0) is 11.3 Å². The third kappa shape index (κ3) is 6.59. The van der Waals surface area contributed by atoms with Gasteiger partial charge < -0.3 is 19.5 Å². The molecule has 8 nitrogen and oxygen atoms in total. The van der Waals surface area contributed by atoms with Gasteiger partial charge in [-0.15, -0.1) is 0 Å². The van der Waals surface area contributed by atoms with Crippen LogP contribution >= 0.6 is 11.6 Å². The Kier molecular flexibility index (Phi) is 8.17. The van der Waals surface area contributed by atoms with Crippen molar-refractivity contribution in [2.75, 3.05) is 44.6 Å². The van der Waals surface area contributed by atoms with Gasteiger partial charge in [-0.1, -0.05) is 29.8 Å². The molecule has 0 saturated carbocycles. The SMILES string of the molecule is O=C(CCn1ccnc1)Nc1cccc(C(=O)N2CCN(CCOc3ccccc3Cl)CC2)c1. The van der Waals surface area contributed by atoms with Crippen molar-refractivity contribution in [1.29, 1.82) is 0 Å². The van der Waals surface area contributed by atoms with Crippen LogP contribution in [0.1, 0.15) is 16.8 Å². The summed E-state index contributed by atoms with van der Waals surface area (Å²) in [7, 11) is 0. The van der Waals surface area contributed by atoms with Crippen LogP contribution in [0.2, 0.25) is 5.02 Å². The molecule has 0 bridgehead atoms. The fourth-order valence-corrected chi connectivity index (χ4v) is 4.00. The number of piperazine rings is 1. The number of carbonyl (C=O) groups is 2. The highest BCUT2D eigenvalue weighted by atomic mass is 35.5. The normalized spacial score (nSPS) is 14.1. The minimum absolute atomic E-state index is 0.0264. The quantitative estimate of drug-likeness (QED) is 0.506. The number of aromatic nitrogens is 2. The van der Waals surface area contributed by atoms with Crippen LogP contribution in [0.25, 0.3) is 0 Å². The number of hydrogen-bond acceptors (Lipinski definition) is 5. The van der Waals surface area contributed by atoms with Crippen LogP contribution < -0.4 is 10.1 Å². The highest BCUT2D eigenvalue weighted by molar-refractivity contribution is 6.32. The largest absolute Gasteiger partial charge is 0.491 e. The average molecular weight is 482 g/mol. The number of para-hydroxylation sites is 1. The molecule has 1 N–H and O–H groups in total. The molecule has 0 unspecified atom stereocenters. The van der Waals surface area contributed by atoms with Gasteiger partial charge in [0.15, 0.2) is 0 Å². The number of halogens is 1. The first-order chi connectivity index (χ1) is 16.6. The molecule has 34 heavy (non-hydrogen) atoms. The molecule has 3 aromatic rings. The second kappa shape index (κ2) is 11.7. The monoisotopic (exact) mass is 481 g/mol. The van der Waals surface area contributed by atoms with Gasteiger partial charge >= 0.3 is 0 Å². The fraction of sp³-hybridized carbons (Fsp3) is 0.320. The number of imidazole rings is 1. The van der Waals surface area contributed by atoms with E-state index in [2.05, 4.69) is 15.2 Å². The van der Waals surface area contributed by atoms with Crippen molar-refractivity contribution in [1.82, 2.24) is 19.4 Å². The van der Waals surface area contributed by atoms with E-state index < -0.39 is 0 Å². The maximum absolute atomic E-state index is 13.0. The van der Waals surface area contributed by atoms with Crippen LogP contribution in [0.5, 0.6) is 5.75 Å². The number of carbonyl (C=O) groups excluding carboxylic acids is 2. The summed E-state index contributed by atoms with van der Waals surface area (Å²) in [5.41, 5.74) is 1.19. The summed E-state index contributed by atoms with van der Waals surface area (Å²) < 4.78 is 7.62. The van der Waals surface area contributed by atoms with Crippen LogP contribution in [-0.4, -0.2) is 70.5 Å². The molecule has 2 amide bonds. The summed E-state index contributed by atoms with van der Waals surface area (Å²) in [6.07, 6.45) is 5.51. The second-order valence-electron chi connectivity index (χ2n) is 8.09. The van der Waals surface area contributed by atoms with E-state index in [9.17, 15) is 9.59 Å². The maximum atomic E-state index is 13.0. The van der Waals surface area contributed by atoms with Gasteiger partial charge in [-0.25, -0.2) is 4.98 Å². The van der Waals surface area contributed by atoms with Crippen molar-refractivity contribution in [2.24, 2.45) is 0 Å². The summed E-state index contributed by atoms with van der Waals surface area (Å²) in [5, 5.41) is 3.48. The first kappa shape index (κ1) is 23.8. The molecule has 2 heterocycles. The fourth-order valence-electron chi connectivity index (χ4n) is 3.81. The average Bonchev–Trinajstić information content (AvgIpc) is 3.38. The molecular weight excluding hydrogens is 454 g/mol. The Bertz CT molecular complexity index is 1100. The molecule has 0 radical (unpaired) electrons. The Labute approximate surface area is 204 Å². The summed E-state index contributed by atoms with van der Waals surface area (Å²) in [6, 6.07) is 14.5. The molecule has 1 aliphatic heterocycles. The van der Waals surface area contributed by atoms with Gasteiger partial charge in [0.05, 0.1) is 11.3 Å². The molecule has 178 valence electrons. The predicted molar refractivity (Wildman–Crippen MR) is 131 cm³/mol. The molecular formula is C25H28ClN5O3. The number of anilines is 1. The van der Waals surface area contributed by atoms with Gasteiger partial charge in [0.25, 0.3) is 5.91 Å². The standard InChI is InChI=1S/C25H28ClN5O3/c26-22-6-1-2-7-23(22)34-17-16-29-12-14-31(15-13-29)25(33)20-4-3-5-21(18-20)28-24(32)8-10-30-11-9-27-19-30/h1-7,9,11,18-19H,8,10,12-17H2,(H,28,32). The number of nitrogens with one attached hydrogen (secondary N) is 1. The van der Waals surface area contributed by atoms with Gasteiger partial charge in [0.2, 0.25) is 5.91 Å². The van der Waals surface area contributed by atoms with E-state index in [0.29, 0.717) is 54.7 Å². The summed E-state index contributed by atoms with van der Waals surface area (Å²) in [4.78, 5) is 33.4. The Morgan fingerprint density at radius 3 is 2.62 bits per heavy atom. The lowest BCUT2D eigenvalue weighted by Crippen LogP contribution is -2.49. The highest BCUT2D eigenvalue weighted by Crippen LogP contribution is 2.23. The van der Waals surface area contributed by atoms with Crippen molar-refractivity contribution in [2.45, 2.75) is 13.0 Å². The molecule has 0 atom stereocenters. The van der Waals surface area contributed by atoms with E-state index in [-0.39, 0.29) is 11.8 Å². The summed E-state index contributed by atoms with van der Waals surface area (Å²) in [5.74, 6) is 0.555. The molecule has 0 spiro atoms. The molecule has 2 aromatic carbocycles. The molecule has 4 rings (SSSR count). The topological polar surface area (TPSA) is 79.7 Å². The van der Waals surface area contributed by atoms with Crippen molar-refractivity contribution in [3.8, 4) is 5.75 Å². The van der Waals surface area contributed by atoms with Crippen molar-refractivity contribution >= 4 is 29.1 Å². The lowest BCUT2D eigenvalue weighted by Gasteiger charge is -2.34. The minimum atomic E-state index is -0.106. The number of rotatable bonds is 9. The van der Waals surface area contributed by atoms with Crippen LogP contribution in [0.15, 0.2) is 67.3 Å². The number of aryl methyl sites for hydroxylation is 1. The second-order valence-corrected chi connectivity index (χ2v) is 8.50. The Hall–Kier alpha value is -3.36. The lowest BCUT2D eigenvalue weighted by molar-refractivity contribution is -0.116. The lowest BCUT2D eigenvalue weighted by atomic mass is 10.1. The van der Waals surface area contributed by atoms with Gasteiger partial charge in [-0.3, -0.25) is 14.5 Å². The number of hydrogen-bond donors (Lipinski definition) is 1. The first-order valence-electron chi connectivity index (χ1n) is 11.3. The zero-order valence-electron chi connectivity index (χ0n) is 18.9. The molecule has 1 fully saturated rings. The molecule has 1 aliphatic rings. The Morgan fingerprint density at radius 1 is 1.03 bits per heavy atom. The van der Waals surface area contributed by atoms with E-state index in [0.717, 1.165) is 19.6 Å². The van der Waals surface area contributed by atoms with E-state index in [1.165, 1.54) is 0 Å². The van der Waals surface area contributed by atoms with E-state index in [1.807, 2.05) is 39.9 Å². The zero-order chi connectivity index (χ0) is 23.8. The summed E-state index contributed by atoms with van der Waals surface area (Å²) in [6.45, 7) is 4.72. The number of nitrogens with zero attached hydrogens (tertiary/aromatic N) is 4. The van der Waals surface area contributed by atoms with Gasteiger partial charge in [-0.05, 0) is 30.3 Å². The Morgan fingerprint density at radius 2 is 1.85 bits per heavy atom. The molecule has 9 heteroatoms. The zero-order valence-corrected chi connectivity index (χ0v) is 19.7. The van der Waals surface area contributed by atoms with Gasteiger partial charge in [-0.2, -0.15) is 0 Å². The van der Waals surface area contributed by atoms with Crippen LogP contribution in [0, 0.1) is 0 Å². The Balaban J connectivity index is 1.22. The molecule has 0 aliphatic carbocycles. The number of benzene rings is 2. The number of ether oxygens (including phenoxy) is 1. The van der Waals surface area contributed by atoms with E-state index in [4.69, 9.17) is 16.3 Å². The predicted octanol–water partition coefficient (Wildman–Crippen LogP) is 3.40. The third-order valence-electron chi connectivity index (χ3n) is 5.71. The van der Waals surface area contributed by atoms with E-state index in [1.54, 1.807) is 36.8 Å². The van der Waals surface area contributed by atoms with E-state index >= 15 is 0 Å². The van der Waals surface area contributed by atoms with Crippen molar-refractivity contribution < 1.29 is 14.3 Å². The first-order valence-corrected chi connectivity index (χ1v) is 11.7. The van der Waals surface area contributed by atoms with Crippen LogP contribution in [0.3, 0.4) is 0 Å². The number of amides is 2. The minimum Gasteiger partial charge on any atom is -0.491 e. The highest BCUT2D eigenvalue weighted by Gasteiger charge is 2.22. The van der Waals surface area contributed by atoms with Gasteiger partial charge in [0.1, 0.15) is 12.4 Å². The van der Waals surface area contributed by atoms with Crippen LogP contribution in [0.4, 0.5) is 5.69 Å². The van der Waals surface area contributed by atoms with Crippen molar-refractivity contribution in [3.05, 3.63) is 77.8 Å². The molecule has 1 saturated heterocycles.